The van der Waals surface area contributed by atoms with Crippen molar-refractivity contribution in [1.29, 1.82) is 0 Å². The largest absolute Gasteiger partial charge is 0.329 e. The highest BCUT2D eigenvalue weighted by Crippen LogP contribution is 2.30. The molecule has 0 atom stereocenters. The number of alkyl halides is 2. The molecule has 2 heterocycles. The zero-order chi connectivity index (χ0) is 24.9. The Labute approximate surface area is 202 Å². The fraction of sp³-hybridized carbons (Fsp3) is 0.385. The second-order valence-corrected chi connectivity index (χ2v) is 9.06. The number of tetrazole rings is 1. The van der Waals surface area contributed by atoms with E-state index in [4.69, 9.17) is 0 Å². The first kappa shape index (κ1) is 24.5. The highest BCUT2D eigenvalue weighted by atomic mass is 19.3. The van der Waals surface area contributed by atoms with Gasteiger partial charge in [0.15, 0.2) is 0 Å². The lowest BCUT2D eigenvalue weighted by Gasteiger charge is -2.12. The van der Waals surface area contributed by atoms with E-state index < -0.39 is 6.43 Å². The summed E-state index contributed by atoms with van der Waals surface area (Å²) in [5, 5.41) is 14.3. The van der Waals surface area contributed by atoms with Crippen molar-refractivity contribution in [2.75, 3.05) is 0 Å². The van der Waals surface area contributed by atoms with Gasteiger partial charge < -0.3 is 0 Å². The predicted molar refractivity (Wildman–Crippen MR) is 131 cm³/mol. The molecule has 2 aromatic carbocycles. The van der Waals surface area contributed by atoms with E-state index in [0.29, 0.717) is 30.3 Å². The van der Waals surface area contributed by atoms with Crippen LogP contribution in [0, 0.1) is 5.92 Å². The highest BCUT2D eigenvalue weighted by Gasteiger charge is 2.26. The van der Waals surface area contributed by atoms with Crippen molar-refractivity contribution in [3.8, 4) is 22.5 Å². The Hall–Kier alpha value is -3.62. The number of aromatic amines is 1. The summed E-state index contributed by atoms with van der Waals surface area (Å²) < 4.78 is 30.9. The molecule has 7 nitrogen and oxygen atoms in total. The molecule has 0 saturated carbocycles. The second-order valence-electron chi connectivity index (χ2n) is 9.06. The third-order valence-corrected chi connectivity index (χ3v) is 6.11. The monoisotopic (exact) mass is 480 g/mol. The molecule has 184 valence electrons. The van der Waals surface area contributed by atoms with Crippen molar-refractivity contribution < 1.29 is 8.78 Å². The smallest absolute Gasteiger partial charge is 0.291 e. The first-order valence-corrected chi connectivity index (χ1v) is 11.9. The summed E-state index contributed by atoms with van der Waals surface area (Å²) >= 11 is 0. The van der Waals surface area contributed by atoms with E-state index in [9.17, 15) is 13.6 Å². The van der Waals surface area contributed by atoms with Crippen LogP contribution in [0.4, 0.5) is 8.78 Å². The number of H-pyrrole nitrogens is 1. The van der Waals surface area contributed by atoms with Gasteiger partial charge in [-0.3, -0.25) is 9.13 Å². The van der Waals surface area contributed by atoms with Gasteiger partial charge in [0.25, 0.3) is 6.43 Å². The van der Waals surface area contributed by atoms with Gasteiger partial charge in [0.05, 0.1) is 6.54 Å². The first-order valence-electron chi connectivity index (χ1n) is 11.9. The normalized spacial score (nSPS) is 11.6. The van der Waals surface area contributed by atoms with E-state index in [-0.39, 0.29) is 24.5 Å². The minimum atomic E-state index is -2.69. The molecule has 0 radical (unpaired) electrons. The van der Waals surface area contributed by atoms with Crippen LogP contribution < -0.4 is 5.69 Å². The van der Waals surface area contributed by atoms with Gasteiger partial charge in [-0.1, -0.05) is 69.3 Å². The fourth-order valence-corrected chi connectivity index (χ4v) is 4.37. The molecule has 0 amide bonds. The third-order valence-electron chi connectivity index (χ3n) is 6.11. The number of imidazole rings is 1. The molecule has 0 aliphatic rings. The number of hydrogen-bond acceptors (Lipinski definition) is 4. The Balaban J connectivity index is 1.69. The van der Waals surface area contributed by atoms with Crippen LogP contribution in [-0.2, 0) is 19.5 Å². The number of hydrogen-bond donors (Lipinski definition) is 1. The van der Waals surface area contributed by atoms with Gasteiger partial charge in [0, 0.05) is 17.8 Å². The van der Waals surface area contributed by atoms with Crippen LogP contribution >= 0.6 is 0 Å². The molecule has 0 fully saturated rings. The van der Waals surface area contributed by atoms with Gasteiger partial charge in [-0.2, -0.15) is 5.21 Å². The maximum absolute atomic E-state index is 14.1. The quantitative estimate of drug-likeness (QED) is 0.326. The average molecular weight is 481 g/mol. The number of halogens is 2. The number of benzene rings is 2. The van der Waals surface area contributed by atoms with Gasteiger partial charge in [-0.05, 0) is 47.1 Å². The van der Waals surface area contributed by atoms with Crippen LogP contribution in [0.3, 0.4) is 0 Å². The van der Waals surface area contributed by atoms with Crippen molar-refractivity contribution >= 4 is 0 Å². The van der Waals surface area contributed by atoms with Crippen LogP contribution in [0.15, 0.2) is 53.3 Å². The molecular weight excluding hydrogens is 450 g/mol. The summed E-state index contributed by atoms with van der Waals surface area (Å²) in [4.78, 5) is 13.2. The molecule has 0 saturated heterocycles. The number of nitrogens with zero attached hydrogens (tertiary/aromatic N) is 5. The first-order chi connectivity index (χ1) is 16.9. The van der Waals surface area contributed by atoms with Crippen LogP contribution in [0.2, 0.25) is 0 Å². The van der Waals surface area contributed by atoms with Crippen molar-refractivity contribution in [2.24, 2.45) is 5.92 Å². The van der Waals surface area contributed by atoms with Crippen LogP contribution in [-0.4, -0.2) is 29.8 Å². The number of aromatic nitrogens is 6. The van der Waals surface area contributed by atoms with E-state index >= 15 is 0 Å². The molecular formula is C26H30F2N6O. The summed E-state index contributed by atoms with van der Waals surface area (Å²) in [5.74, 6) is 0.847. The van der Waals surface area contributed by atoms with Gasteiger partial charge in [0.2, 0.25) is 5.82 Å². The van der Waals surface area contributed by atoms with Gasteiger partial charge in [-0.25, -0.2) is 13.6 Å². The van der Waals surface area contributed by atoms with Gasteiger partial charge in [-0.15, -0.1) is 10.2 Å². The molecule has 0 unspecified atom stereocenters. The summed E-state index contributed by atoms with van der Waals surface area (Å²) in [5.41, 5.74) is 3.56. The van der Waals surface area contributed by atoms with E-state index in [0.717, 1.165) is 28.7 Å². The molecule has 2 aromatic heterocycles. The lowest BCUT2D eigenvalue weighted by Crippen LogP contribution is -2.26. The molecule has 0 spiro atoms. The van der Waals surface area contributed by atoms with Gasteiger partial charge in [0.1, 0.15) is 5.69 Å². The summed E-state index contributed by atoms with van der Waals surface area (Å²) in [6, 6.07) is 15.5. The van der Waals surface area contributed by atoms with Crippen molar-refractivity contribution in [3.05, 3.63) is 76.0 Å². The van der Waals surface area contributed by atoms with Crippen molar-refractivity contribution in [2.45, 2.75) is 59.5 Å². The average Bonchev–Trinajstić information content (AvgIpc) is 3.47. The standard InChI is InChI=1S/C26H30F2N6O/c1-4-15-33-23(24(27)28)22(14-9-17(2)3)34(26(33)35)16-18-10-12-19(13-11-18)20-7-5-6-8-21(20)25-29-31-32-30-25/h5-8,10-13,17,24H,4,9,14-16H2,1-3H3,(H,29,30,31,32). The molecule has 0 aliphatic heterocycles. The molecule has 9 heteroatoms. The topological polar surface area (TPSA) is 81.4 Å². The van der Waals surface area contributed by atoms with Gasteiger partial charge >= 0.3 is 5.69 Å². The molecule has 4 aromatic rings. The van der Waals surface area contributed by atoms with E-state index in [1.807, 2.05) is 55.5 Å². The van der Waals surface area contributed by atoms with Crippen LogP contribution in [0.25, 0.3) is 22.5 Å². The predicted octanol–water partition coefficient (Wildman–Crippen LogP) is 5.48. The number of nitrogens with one attached hydrogen (secondary N) is 1. The Morgan fingerprint density at radius 1 is 1.00 bits per heavy atom. The molecule has 1 N–H and O–H groups in total. The number of rotatable bonds is 10. The lowest BCUT2D eigenvalue weighted by molar-refractivity contribution is 0.139. The second kappa shape index (κ2) is 10.8. The van der Waals surface area contributed by atoms with E-state index in [1.165, 1.54) is 9.13 Å². The SMILES string of the molecule is CCCn1c(C(F)F)c(CCC(C)C)n(Cc2ccc(-c3ccccc3-c3nn[nH]n3)cc2)c1=O. The van der Waals surface area contributed by atoms with Crippen molar-refractivity contribution in [3.63, 3.8) is 0 Å². The van der Waals surface area contributed by atoms with Crippen LogP contribution in [0.5, 0.6) is 0 Å². The Morgan fingerprint density at radius 2 is 1.71 bits per heavy atom. The third kappa shape index (κ3) is 5.23. The molecule has 35 heavy (non-hydrogen) atoms. The minimum absolute atomic E-state index is 0.136. The van der Waals surface area contributed by atoms with Crippen molar-refractivity contribution in [1.82, 2.24) is 29.8 Å². The maximum atomic E-state index is 14.1. The fourth-order valence-electron chi connectivity index (χ4n) is 4.37. The van der Waals surface area contributed by atoms with E-state index in [2.05, 4.69) is 34.5 Å². The Bertz CT molecular complexity index is 1310. The molecule has 0 bridgehead atoms. The highest BCUT2D eigenvalue weighted by molar-refractivity contribution is 5.80. The maximum Gasteiger partial charge on any atom is 0.329 e. The summed E-state index contributed by atoms with van der Waals surface area (Å²) in [6.45, 7) is 6.52. The lowest BCUT2D eigenvalue weighted by atomic mass is 9.98. The van der Waals surface area contributed by atoms with E-state index in [1.54, 1.807) is 0 Å². The zero-order valence-electron chi connectivity index (χ0n) is 20.2. The Kier molecular flexibility index (Phi) is 7.53. The van der Waals surface area contributed by atoms with Crippen LogP contribution in [0.1, 0.15) is 57.0 Å². The zero-order valence-corrected chi connectivity index (χ0v) is 20.2. The molecule has 0 aliphatic carbocycles. The summed E-state index contributed by atoms with van der Waals surface area (Å²) in [6.07, 6.45) is -0.899. The Morgan fingerprint density at radius 3 is 2.31 bits per heavy atom. The summed E-state index contributed by atoms with van der Waals surface area (Å²) in [7, 11) is 0. The molecule has 4 rings (SSSR count). The minimum Gasteiger partial charge on any atom is -0.291 e.